The van der Waals surface area contributed by atoms with Gasteiger partial charge in [-0.1, -0.05) is 18.2 Å². The lowest BCUT2D eigenvalue weighted by Crippen LogP contribution is -2.18. The smallest absolute Gasteiger partial charge is 0.335 e. The molecule has 2 aromatic rings. The highest BCUT2D eigenvalue weighted by atomic mass is 16.4. The van der Waals surface area contributed by atoms with E-state index < -0.39 is 5.97 Å². The van der Waals surface area contributed by atoms with Crippen LogP contribution in [0, 0.1) is 0 Å². The van der Waals surface area contributed by atoms with Crippen LogP contribution in [0.15, 0.2) is 24.3 Å². The van der Waals surface area contributed by atoms with Crippen molar-refractivity contribution in [3.8, 4) is 0 Å². The summed E-state index contributed by atoms with van der Waals surface area (Å²) in [6.07, 6.45) is 0.642. The topological polar surface area (TPSA) is 92.9 Å². The molecule has 1 aromatic carbocycles. The lowest BCUT2D eigenvalue weighted by Gasteiger charge is -2.06. The number of carboxylic acids is 1. The summed E-state index contributed by atoms with van der Waals surface area (Å²) in [6.45, 7) is 1.17. The van der Waals surface area contributed by atoms with Crippen LogP contribution in [0.4, 0.5) is 0 Å². The molecule has 0 amide bonds. The van der Waals surface area contributed by atoms with E-state index in [0.29, 0.717) is 30.9 Å². The van der Waals surface area contributed by atoms with Crippen molar-refractivity contribution in [3.63, 3.8) is 0 Å². The molecular formula is C12H15N5O2. The SMILES string of the molecule is Cn1nnc(CNCCc2ccccc2C(=O)O)n1. The summed E-state index contributed by atoms with van der Waals surface area (Å²) in [4.78, 5) is 12.4. The molecule has 1 heterocycles. The number of carbonyl (C=O) groups is 1. The summed E-state index contributed by atoms with van der Waals surface area (Å²) in [5.41, 5.74) is 1.16. The van der Waals surface area contributed by atoms with Crippen molar-refractivity contribution in [1.29, 1.82) is 0 Å². The number of rotatable bonds is 6. The highest BCUT2D eigenvalue weighted by Crippen LogP contribution is 2.08. The van der Waals surface area contributed by atoms with E-state index in [9.17, 15) is 4.79 Å². The van der Waals surface area contributed by atoms with E-state index in [-0.39, 0.29) is 0 Å². The maximum atomic E-state index is 11.0. The van der Waals surface area contributed by atoms with Gasteiger partial charge in [-0.25, -0.2) is 4.79 Å². The first-order valence-electron chi connectivity index (χ1n) is 5.91. The normalized spacial score (nSPS) is 10.6. The summed E-state index contributed by atoms with van der Waals surface area (Å²) in [6, 6.07) is 7.00. The molecule has 0 saturated heterocycles. The van der Waals surface area contributed by atoms with Crippen LogP contribution in [0.25, 0.3) is 0 Å². The first-order chi connectivity index (χ1) is 9.16. The summed E-state index contributed by atoms with van der Waals surface area (Å²) in [7, 11) is 1.71. The molecule has 0 spiro atoms. The standard InChI is InChI=1S/C12H15N5O2/c1-17-15-11(14-16-17)8-13-7-6-9-4-2-3-5-10(9)12(18)19/h2-5,13H,6-8H2,1H3,(H,18,19). The minimum atomic E-state index is -0.897. The number of benzene rings is 1. The van der Waals surface area contributed by atoms with Crippen molar-refractivity contribution < 1.29 is 9.90 Å². The number of aromatic nitrogens is 4. The van der Waals surface area contributed by atoms with Crippen LogP contribution in [-0.2, 0) is 20.0 Å². The van der Waals surface area contributed by atoms with Crippen LogP contribution < -0.4 is 5.32 Å². The van der Waals surface area contributed by atoms with Gasteiger partial charge < -0.3 is 10.4 Å². The van der Waals surface area contributed by atoms with Gasteiger partial charge in [0.1, 0.15) is 0 Å². The van der Waals surface area contributed by atoms with E-state index in [1.807, 2.05) is 12.1 Å². The number of hydrogen-bond donors (Lipinski definition) is 2. The Morgan fingerprint density at radius 1 is 1.42 bits per heavy atom. The quantitative estimate of drug-likeness (QED) is 0.724. The third-order valence-electron chi connectivity index (χ3n) is 2.65. The third-order valence-corrected chi connectivity index (χ3v) is 2.65. The number of nitrogens with one attached hydrogen (secondary N) is 1. The Labute approximate surface area is 110 Å². The zero-order valence-corrected chi connectivity index (χ0v) is 10.6. The number of aryl methyl sites for hydroxylation is 1. The number of hydrogen-bond acceptors (Lipinski definition) is 5. The molecule has 0 aliphatic carbocycles. The molecular weight excluding hydrogens is 246 g/mol. The molecule has 0 aliphatic rings. The molecule has 0 radical (unpaired) electrons. The average Bonchev–Trinajstić information content (AvgIpc) is 2.81. The van der Waals surface area contributed by atoms with Crippen LogP contribution in [0.2, 0.25) is 0 Å². The summed E-state index contributed by atoms with van der Waals surface area (Å²) in [5.74, 6) is -0.278. The Morgan fingerprint density at radius 2 is 2.21 bits per heavy atom. The highest BCUT2D eigenvalue weighted by molar-refractivity contribution is 5.89. The van der Waals surface area contributed by atoms with Crippen LogP contribution >= 0.6 is 0 Å². The number of nitrogens with zero attached hydrogens (tertiary/aromatic N) is 4. The minimum absolute atomic E-state index is 0.349. The van der Waals surface area contributed by atoms with E-state index in [2.05, 4.69) is 20.7 Å². The summed E-state index contributed by atoms with van der Waals surface area (Å²) < 4.78 is 0. The molecule has 2 rings (SSSR count). The van der Waals surface area contributed by atoms with Crippen LogP contribution in [-0.4, -0.2) is 37.8 Å². The Morgan fingerprint density at radius 3 is 2.89 bits per heavy atom. The molecule has 7 nitrogen and oxygen atoms in total. The fourth-order valence-electron chi connectivity index (χ4n) is 1.76. The Hall–Kier alpha value is -2.28. The molecule has 100 valence electrons. The summed E-state index contributed by atoms with van der Waals surface area (Å²) in [5, 5.41) is 23.8. The van der Waals surface area contributed by atoms with Crippen LogP contribution in [0.3, 0.4) is 0 Å². The van der Waals surface area contributed by atoms with Crippen LogP contribution in [0.5, 0.6) is 0 Å². The molecule has 7 heteroatoms. The Kier molecular flexibility index (Phi) is 4.19. The summed E-state index contributed by atoms with van der Waals surface area (Å²) >= 11 is 0. The zero-order valence-electron chi connectivity index (χ0n) is 10.6. The molecule has 2 N–H and O–H groups in total. The highest BCUT2D eigenvalue weighted by Gasteiger charge is 2.08. The van der Waals surface area contributed by atoms with E-state index in [4.69, 9.17) is 5.11 Å². The van der Waals surface area contributed by atoms with Crippen molar-refractivity contribution in [3.05, 3.63) is 41.2 Å². The maximum absolute atomic E-state index is 11.0. The van der Waals surface area contributed by atoms with Gasteiger partial charge in [-0.15, -0.1) is 10.2 Å². The van der Waals surface area contributed by atoms with Gasteiger partial charge in [-0.05, 0) is 29.8 Å². The molecule has 0 bridgehead atoms. The van der Waals surface area contributed by atoms with Gasteiger partial charge >= 0.3 is 5.97 Å². The lowest BCUT2D eigenvalue weighted by atomic mass is 10.0. The van der Waals surface area contributed by atoms with E-state index >= 15 is 0 Å². The van der Waals surface area contributed by atoms with Gasteiger partial charge in [0.25, 0.3) is 0 Å². The molecule has 1 aromatic heterocycles. The third kappa shape index (κ3) is 3.59. The first-order valence-corrected chi connectivity index (χ1v) is 5.91. The van der Waals surface area contributed by atoms with Crippen molar-refractivity contribution in [1.82, 2.24) is 25.5 Å². The number of tetrazole rings is 1. The predicted molar refractivity (Wildman–Crippen MR) is 67.6 cm³/mol. The van der Waals surface area contributed by atoms with Gasteiger partial charge in [0.15, 0.2) is 5.82 Å². The zero-order chi connectivity index (χ0) is 13.7. The monoisotopic (exact) mass is 261 g/mol. The van der Waals surface area contributed by atoms with Gasteiger partial charge in [0.2, 0.25) is 0 Å². The van der Waals surface area contributed by atoms with Gasteiger partial charge in [-0.3, -0.25) is 0 Å². The maximum Gasteiger partial charge on any atom is 0.335 e. The minimum Gasteiger partial charge on any atom is -0.478 e. The fraction of sp³-hybridized carbons (Fsp3) is 0.333. The fourth-order valence-corrected chi connectivity index (χ4v) is 1.76. The van der Waals surface area contributed by atoms with Crippen molar-refractivity contribution in [2.45, 2.75) is 13.0 Å². The van der Waals surface area contributed by atoms with Gasteiger partial charge in [0, 0.05) is 0 Å². The van der Waals surface area contributed by atoms with Crippen molar-refractivity contribution >= 4 is 5.97 Å². The largest absolute Gasteiger partial charge is 0.478 e. The van der Waals surface area contributed by atoms with Crippen molar-refractivity contribution in [2.24, 2.45) is 7.05 Å². The van der Waals surface area contributed by atoms with Gasteiger partial charge in [0.05, 0.1) is 19.2 Å². The Balaban J connectivity index is 1.84. The second kappa shape index (κ2) is 6.05. The second-order valence-corrected chi connectivity index (χ2v) is 4.08. The van der Waals surface area contributed by atoms with Crippen molar-refractivity contribution in [2.75, 3.05) is 6.54 Å². The number of carboxylic acid groups (broad SMARTS) is 1. The first kappa shape index (κ1) is 13.2. The van der Waals surface area contributed by atoms with E-state index in [0.717, 1.165) is 5.56 Å². The van der Waals surface area contributed by atoms with Gasteiger partial charge in [-0.2, -0.15) is 4.80 Å². The van der Waals surface area contributed by atoms with Crippen LogP contribution in [0.1, 0.15) is 21.7 Å². The molecule has 0 fully saturated rings. The molecule has 0 aliphatic heterocycles. The molecule has 0 atom stereocenters. The molecule has 0 unspecified atom stereocenters. The van der Waals surface area contributed by atoms with E-state index in [1.165, 1.54) is 4.80 Å². The number of aromatic carboxylic acids is 1. The van der Waals surface area contributed by atoms with E-state index in [1.54, 1.807) is 19.2 Å². The molecule has 0 saturated carbocycles. The Bertz CT molecular complexity index is 567. The molecule has 19 heavy (non-hydrogen) atoms. The average molecular weight is 261 g/mol. The second-order valence-electron chi connectivity index (χ2n) is 4.08. The predicted octanol–water partition coefficient (Wildman–Crippen LogP) is 0.241. The lowest BCUT2D eigenvalue weighted by molar-refractivity contribution is 0.0695.